The van der Waals surface area contributed by atoms with Gasteiger partial charge in [0.1, 0.15) is 0 Å². The van der Waals surface area contributed by atoms with E-state index in [0.29, 0.717) is 5.91 Å². The first-order valence-electron chi connectivity index (χ1n) is 4.83. The van der Waals surface area contributed by atoms with E-state index in [2.05, 4.69) is 10.6 Å². The van der Waals surface area contributed by atoms with Crippen LogP contribution < -0.4 is 10.6 Å². The van der Waals surface area contributed by atoms with Crippen LogP contribution in [0.1, 0.15) is 25.7 Å². The Morgan fingerprint density at radius 1 is 1.08 bits per heavy atom. The van der Waals surface area contributed by atoms with E-state index < -0.39 is 0 Å². The van der Waals surface area contributed by atoms with Crippen molar-refractivity contribution < 1.29 is 4.79 Å². The topological polar surface area (TPSA) is 41.1 Å². The molecule has 2 aliphatic carbocycles. The molecule has 1 saturated heterocycles. The minimum Gasteiger partial charge on any atom is -0.354 e. The van der Waals surface area contributed by atoms with E-state index in [9.17, 15) is 4.79 Å². The summed E-state index contributed by atoms with van der Waals surface area (Å²) in [7, 11) is 0. The molecule has 0 unspecified atom stereocenters. The fraction of sp³-hybridized carbons (Fsp3) is 0.889. The van der Waals surface area contributed by atoms with Gasteiger partial charge in [-0.05, 0) is 25.7 Å². The van der Waals surface area contributed by atoms with Crippen LogP contribution in [-0.2, 0) is 4.79 Å². The largest absolute Gasteiger partial charge is 0.354 e. The summed E-state index contributed by atoms with van der Waals surface area (Å²) in [4.78, 5) is 11.7. The smallest absolute Gasteiger partial charge is 0.228 e. The zero-order valence-corrected chi connectivity index (χ0v) is 7.15. The zero-order valence-electron chi connectivity index (χ0n) is 7.15. The van der Waals surface area contributed by atoms with Crippen molar-refractivity contribution in [3.63, 3.8) is 0 Å². The molecule has 2 saturated carbocycles. The number of rotatable bonds is 0. The fourth-order valence-corrected chi connectivity index (χ4v) is 2.64. The van der Waals surface area contributed by atoms with Gasteiger partial charge in [0, 0.05) is 18.6 Å². The standard InChI is InChI=1S/C9H14N2O/c12-7-8(1-2-8)9(3-4-9)11-6-5-10-7/h11H,1-6H2,(H,10,12). The van der Waals surface area contributed by atoms with Gasteiger partial charge in [-0.3, -0.25) is 4.79 Å². The SMILES string of the molecule is O=C1NCCNC2(CC2)C12CC2. The summed E-state index contributed by atoms with van der Waals surface area (Å²) in [6.45, 7) is 1.76. The lowest BCUT2D eigenvalue weighted by molar-refractivity contribution is -0.127. The lowest BCUT2D eigenvalue weighted by Crippen LogP contribution is -2.43. The molecular weight excluding hydrogens is 152 g/mol. The second-order valence-corrected chi connectivity index (χ2v) is 4.35. The molecular formula is C9H14N2O. The van der Waals surface area contributed by atoms with Crippen LogP contribution in [-0.4, -0.2) is 24.5 Å². The van der Waals surface area contributed by atoms with Crippen molar-refractivity contribution in [2.75, 3.05) is 13.1 Å². The van der Waals surface area contributed by atoms with Gasteiger partial charge in [-0.15, -0.1) is 0 Å². The second kappa shape index (κ2) is 1.84. The van der Waals surface area contributed by atoms with Crippen LogP contribution in [0.4, 0.5) is 0 Å². The van der Waals surface area contributed by atoms with E-state index in [-0.39, 0.29) is 11.0 Å². The van der Waals surface area contributed by atoms with Crippen LogP contribution in [0.2, 0.25) is 0 Å². The molecule has 1 heterocycles. The van der Waals surface area contributed by atoms with E-state index >= 15 is 0 Å². The number of hydrogen-bond acceptors (Lipinski definition) is 2. The molecule has 0 bridgehead atoms. The monoisotopic (exact) mass is 166 g/mol. The van der Waals surface area contributed by atoms with Crippen molar-refractivity contribution in [1.29, 1.82) is 0 Å². The molecule has 2 N–H and O–H groups in total. The predicted molar refractivity (Wildman–Crippen MR) is 44.6 cm³/mol. The lowest BCUT2D eigenvalue weighted by Gasteiger charge is -2.22. The third kappa shape index (κ3) is 0.637. The van der Waals surface area contributed by atoms with Gasteiger partial charge in [0.25, 0.3) is 0 Å². The maximum Gasteiger partial charge on any atom is 0.228 e. The molecule has 12 heavy (non-hydrogen) atoms. The Kier molecular flexibility index (Phi) is 1.06. The number of fused-ring (bicyclic) bond motifs is 1. The number of nitrogens with one attached hydrogen (secondary N) is 2. The Morgan fingerprint density at radius 2 is 1.83 bits per heavy atom. The average Bonchev–Trinajstić information content (AvgIpc) is 2.87. The summed E-state index contributed by atoms with van der Waals surface area (Å²) in [5.41, 5.74) is 0.247. The highest BCUT2D eigenvalue weighted by atomic mass is 16.2. The molecule has 3 nitrogen and oxygen atoms in total. The van der Waals surface area contributed by atoms with Crippen LogP contribution in [0.5, 0.6) is 0 Å². The second-order valence-electron chi connectivity index (χ2n) is 4.35. The maximum absolute atomic E-state index is 11.7. The van der Waals surface area contributed by atoms with Crippen LogP contribution in [0.15, 0.2) is 0 Å². The number of carbonyl (C=O) groups is 1. The Hall–Kier alpha value is -0.570. The molecule has 3 rings (SSSR count). The van der Waals surface area contributed by atoms with Gasteiger partial charge in [0.2, 0.25) is 5.91 Å². The first kappa shape index (κ1) is 6.89. The van der Waals surface area contributed by atoms with E-state index in [1.807, 2.05) is 0 Å². The molecule has 0 aromatic carbocycles. The van der Waals surface area contributed by atoms with E-state index in [1.165, 1.54) is 12.8 Å². The van der Waals surface area contributed by atoms with Crippen molar-refractivity contribution in [2.45, 2.75) is 31.2 Å². The maximum atomic E-state index is 11.7. The average molecular weight is 166 g/mol. The Labute approximate surface area is 71.9 Å². The van der Waals surface area contributed by atoms with Crippen molar-refractivity contribution in [1.82, 2.24) is 10.6 Å². The normalized spacial score (nSPS) is 34.5. The van der Waals surface area contributed by atoms with Gasteiger partial charge >= 0.3 is 0 Å². The van der Waals surface area contributed by atoms with Gasteiger partial charge in [0.05, 0.1) is 5.41 Å². The number of carbonyl (C=O) groups excluding carboxylic acids is 1. The summed E-state index contributed by atoms with van der Waals surface area (Å²) < 4.78 is 0. The molecule has 1 amide bonds. The van der Waals surface area contributed by atoms with Gasteiger partial charge < -0.3 is 10.6 Å². The molecule has 0 radical (unpaired) electrons. The van der Waals surface area contributed by atoms with E-state index in [1.54, 1.807) is 0 Å². The highest BCUT2D eigenvalue weighted by Gasteiger charge is 2.69. The van der Waals surface area contributed by atoms with Gasteiger partial charge in [0.15, 0.2) is 0 Å². The quantitative estimate of drug-likeness (QED) is 0.532. The summed E-state index contributed by atoms with van der Waals surface area (Å²) in [6, 6.07) is 0. The van der Waals surface area contributed by atoms with Crippen molar-refractivity contribution in [3.8, 4) is 0 Å². The minimum absolute atomic E-state index is 0.0174. The number of amides is 1. The van der Waals surface area contributed by atoms with Crippen LogP contribution in [0.3, 0.4) is 0 Å². The highest BCUT2D eigenvalue weighted by molar-refractivity contribution is 5.88. The molecule has 3 aliphatic rings. The van der Waals surface area contributed by atoms with Crippen LogP contribution >= 0.6 is 0 Å². The Morgan fingerprint density at radius 3 is 2.42 bits per heavy atom. The molecule has 0 aromatic rings. The van der Waals surface area contributed by atoms with Gasteiger partial charge in [-0.25, -0.2) is 0 Å². The Balaban J connectivity index is 1.96. The first-order valence-corrected chi connectivity index (χ1v) is 4.83. The Bertz CT molecular complexity index is 241. The van der Waals surface area contributed by atoms with E-state index in [0.717, 1.165) is 25.9 Å². The third-order valence-corrected chi connectivity index (χ3v) is 3.72. The molecule has 3 heteroatoms. The summed E-state index contributed by atoms with van der Waals surface area (Å²) in [5, 5.41) is 6.52. The van der Waals surface area contributed by atoms with Crippen molar-refractivity contribution in [2.24, 2.45) is 5.41 Å². The number of hydrogen-bond donors (Lipinski definition) is 2. The lowest BCUT2D eigenvalue weighted by atomic mass is 9.93. The molecule has 3 fully saturated rings. The molecule has 0 aromatic heterocycles. The summed E-state index contributed by atoms with van der Waals surface area (Å²) in [5.74, 6) is 0.310. The van der Waals surface area contributed by atoms with Gasteiger partial charge in [-0.2, -0.15) is 0 Å². The summed E-state index contributed by atoms with van der Waals surface area (Å²) >= 11 is 0. The van der Waals surface area contributed by atoms with Crippen LogP contribution in [0, 0.1) is 5.41 Å². The zero-order chi connectivity index (χ0) is 8.23. The fourth-order valence-electron chi connectivity index (χ4n) is 2.64. The van der Waals surface area contributed by atoms with E-state index in [4.69, 9.17) is 0 Å². The molecule has 66 valence electrons. The third-order valence-electron chi connectivity index (χ3n) is 3.72. The highest BCUT2D eigenvalue weighted by Crippen LogP contribution is 2.64. The van der Waals surface area contributed by atoms with Gasteiger partial charge in [-0.1, -0.05) is 0 Å². The molecule has 0 atom stereocenters. The van der Waals surface area contributed by atoms with Crippen LogP contribution in [0.25, 0.3) is 0 Å². The molecule has 1 aliphatic heterocycles. The molecule has 2 spiro atoms. The van der Waals surface area contributed by atoms with Crippen molar-refractivity contribution in [3.05, 3.63) is 0 Å². The minimum atomic E-state index is 0.0174. The first-order chi connectivity index (χ1) is 5.79. The summed E-state index contributed by atoms with van der Waals surface area (Å²) in [6.07, 6.45) is 4.62. The van der Waals surface area contributed by atoms with Crippen molar-refractivity contribution >= 4 is 5.91 Å². The predicted octanol–water partition coefficient (Wildman–Crippen LogP) is 0.0186.